The van der Waals surface area contributed by atoms with Crippen molar-refractivity contribution in [1.29, 1.82) is 0 Å². The summed E-state index contributed by atoms with van der Waals surface area (Å²) in [6.07, 6.45) is 6.44. The van der Waals surface area contributed by atoms with Crippen molar-refractivity contribution >= 4 is 5.91 Å². The van der Waals surface area contributed by atoms with Crippen LogP contribution in [0, 0.1) is 0 Å². The number of rotatable bonds is 6. The van der Waals surface area contributed by atoms with Gasteiger partial charge in [-0.1, -0.05) is 18.1 Å². The van der Waals surface area contributed by atoms with Crippen LogP contribution in [0.3, 0.4) is 0 Å². The number of likely N-dealkylation sites (tertiary alicyclic amines) is 1. The van der Waals surface area contributed by atoms with Gasteiger partial charge in [-0.2, -0.15) is 4.98 Å². The lowest BCUT2D eigenvalue weighted by molar-refractivity contribution is -0.135. The molecule has 0 spiro atoms. The zero-order chi connectivity index (χ0) is 16.8. The third kappa shape index (κ3) is 4.38. The number of nitrogens with zero attached hydrogens (tertiary/aromatic N) is 4. The number of aromatic nitrogens is 3. The molecule has 0 aromatic carbocycles. The molecule has 1 aliphatic heterocycles. The molecule has 0 unspecified atom stereocenters. The fourth-order valence-electron chi connectivity index (χ4n) is 2.77. The second-order valence-electron chi connectivity index (χ2n) is 5.91. The fourth-order valence-corrected chi connectivity index (χ4v) is 2.77. The van der Waals surface area contributed by atoms with E-state index in [1.165, 1.54) is 0 Å². The molecule has 7 heteroatoms. The predicted octanol–water partition coefficient (Wildman–Crippen LogP) is 1.78. The monoisotopic (exact) mass is 330 g/mol. The molecule has 0 radical (unpaired) electrons. The lowest BCUT2D eigenvalue weighted by atomic mass is 10.1. The maximum Gasteiger partial charge on any atom is 0.252 e. The van der Waals surface area contributed by atoms with Crippen molar-refractivity contribution in [1.82, 2.24) is 20.0 Å². The predicted molar refractivity (Wildman–Crippen MR) is 86.0 cm³/mol. The molecule has 24 heavy (non-hydrogen) atoms. The second kappa shape index (κ2) is 8.01. The van der Waals surface area contributed by atoms with Gasteiger partial charge >= 0.3 is 0 Å². The first-order valence-electron chi connectivity index (χ1n) is 8.34. The molecular weight excluding hydrogens is 308 g/mol. The summed E-state index contributed by atoms with van der Waals surface area (Å²) < 4.78 is 11.0. The number of ether oxygens (including phenoxy) is 1. The highest BCUT2D eigenvalue weighted by Gasteiger charge is 2.24. The van der Waals surface area contributed by atoms with E-state index in [-0.39, 0.29) is 12.0 Å². The van der Waals surface area contributed by atoms with Crippen molar-refractivity contribution in [2.24, 2.45) is 0 Å². The van der Waals surface area contributed by atoms with E-state index in [0.29, 0.717) is 31.3 Å². The van der Waals surface area contributed by atoms with E-state index >= 15 is 0 Å². The van der Waals surface area contributed by atoms with Gasteiger partial charge < -0.3 is 14.2 Å². The maximum absolute atomic E-state index is 12.4. The van der Waals surface area contributed by atoms with Crippen LogP contribution in [0.2, 0.25) is 0 Å². The van der Waals surface area contributed by atoms with Crippen LogP contribution in [0.25, 0.3) is 0 Å². The van der Waals surface area contributed by atoms with E-state index in [4.69, 9.17) is 9.26 Å². The van der Waals surface area contributed by atoms with Gasteiger partial charge in [-0.25, -0.2) is 0 Å². The number of amides is 1. The van der Waals surface area contributed by atoms with Crippen LogP contribution >= 0.6 is 0 Å². The SMILES string of the molecule is CCc1noc(CO[C@H]2CCCN(C(=O)Cc3cccnc3)C2)n1. The Hall–Kier alpha value is -2.28. The summed E-state index contributed by atoms with van der Waals surface area (Å²) in [5, 5.41) is 3.85. The molecule has 1 saturated heterocycles. The van der Waals surface area contributed by atoms with E-state index in [1.54, 1.807) is 12.4 Å². The van der Waals surface area contributed by atoms with Crippen molar-refractivity contribution in [2.45, 2.75) is 45.3 Å². The molecule has 7 nitrogen and oxygen atoms in total. The number of pyridine rings is 1. The largest absolute Gasteiger partial charge is 0.367 e. The minimum Gasteiger partial charge on any atom is -0.367 e. The molecular formula is C17H22N4O3. The Morgan fingerprint density at radius 1 is 1.50 bits per heavy atom. The van der Waals surface area contributed by atoms with Crippen LogP contribution in [-0.2, 0) is 29.0 Å². The van der Waals surface area contributed by atoms with Gasteiger partial charge in [0.2, 0.25) is 5.91 Å². The highest BCUT2D eigenvalue weighted by atomic mass is 16.5. The highest BCUT2D eigenvalue weighted by Crippen LogP contribution is 2.16. The normalized spacial score (nSPS) is 17.9. The summed E-state index contributed by atoms with van der Waals surface area (Å²) in [5.41, 5.74) is 0.934. The molecule has 1 fully saturated rings. The Kier molecular flexibility index (Phi) is 5.53. The molecule has 2 aromatic rings. The van der Waals surface area contributed by atoms with Crippen LogP contribution in [0.5, 0.6) is 0 Å². The number of hydrogen-bond donors (Lipinski definition) is 0. The zero-order valence-electron chi connectivity index (χ0n) is 13.9. The number of hydrogen-bond acceptors (Lipinski definition) is 6. The van der Waals surface area contributed by atoms with Gasteiger partial charge in [-0.15, -0.1) is 0 Å². The molecule has 2 aromatic heterocycles. The summed E-state index contributed by atoms with van der Waals surface area (Å²) in [4.78, 5) is 22.6. The van der Waals surface area contributed by atoms with Crippen molar-refractivity contribution < 1.29 is 14.1 Å². The molecule has 1 amide bonds. The van der Waals surface area contributed by atoms with Crippen molar-refractivity contribution in [2.75, 3.05) is 13.1 Å². The number of piperidine rings is 1. The maximum atomic E-state index is 12.4. The highest BCUT2D eigenvalue weighted by molar-refractivity contribution is 5.78. The van der Waals surface area contributed by atoms with Crippen LogP contribution in [0.4, 0.5) is 0 Å². The molecule has 0 N–H and O–H groups in total. The Morgan fingerprint density at radius 2 is 2.42 bits per heavy atom. The van der Waals surface area contributed by atoms with Crippen molar-refractivity contribution in [3.63, 3.8) is 0 Å². The first kappa shape index (κ1) is 16.6. The summed E-state index contributed by atoms with van der Waals surface area (Å²) >= 11 is 0. The molecule has 1 aliphatic rings. The van der Waals surface area contributed by atoms with Crippen molar-refractivity contribution in [3.8, 4) is 0 Å². The molecule has 0 aliphatic carbocycles. The van der Waals surface area contributed by atoms with Gasteiger partial charge in [-0.05, 0) is 24.5 Å². The molecule has 1 atom stereocenters. The molecule has 3 rings (SSSR count). The standard InChI is InChI=1S/C17H22N4O3/c1-2-15-19-16(24-20-15)12-23-14-6-4-8-21(11-14)17(22)9-13-5-3-7-18-10-13/h3,5,7,10,14H,2,4,6,8-9,11-12H2,1H3/t14-/m0/s1. The topological polar surface area (TPSA) is 81.4 Å². The third-order valence-corrected chi connectivity index (χ3v) is 4.08. The number of carbonyl (C=O) groups excluding carboxylic acids is 1. The van der Waals surface area contributed by atoms with Crippen molar-refractivity contribution in [3.05, 3.63) is 41.8 Å². The Bertz CT molecular complexity index is 659. The summed E-state index contributed by atoms with van der Waals surface area (Å²) in [5.74, 6) is 1.29. The minimum atomic E-state index is 0.00794. The van der Waals surface area contributed by atoms with E-state index in [2.05, 4.69) is 15.1 Å². The average molecular weight is 330 g/mol. The molecule has 3 heterocycles. The second-order valence-corrected chi connectivity index (χ2v) is 5.91. The average Bonchev–Trinajstić information content (AvgIpc) is 3.09. The Labute approximate surface area is 141 Å². The molecule has 0 bridgehead atoms. The minimum absolute atomic E-state index is 0.00794. The van der Waals surface area contributed by atoms with Gasteiger partial charge in [-0.3, -0.25) is 9.78 Å². The molecule has 0 saturated carbocycles. The van der Waals surface area contributed by atoms with E-state index in [0.717, 1.165) is 31.4 Å². The lowest BCUT2D eigenvalue weighted by Crippen LogP contribution is -2.43. The van der Waals surface area contributed by atoms with Crippen LogP contribution in [0.1, 0.15) is 37.0 Å². The quantitative estimate of drug-likeness (QED) is 0.803. The van der Waals surface area contributed by atoms with Gasteiger partial charge in [0.05, 0.1) is 12.5 Å². The summed E-state index contributed by atoms with van der Waals surface area (Å²) in [7, 11) is 0. The Morgan fingerprint density at radius 3 is 3.17 bits per heavy atom. The van der Waals surface area contributed by atoms with Crippen LogP contribution in [-0.4, -0.2) is 45.1 Å². The first-order chi connectivity index (χ1) is 11.7. The van der Waals surface area contributed by atoms with Gasteiger partial charge in [0.15, 0.2) is 5.82 Å². The lowest BCUT2D eigenvalue weighted by Gasteiger charge is -2.32. The van der Waals surface area contributed by atoms with E-state index in [1.807, 2.05) is 24.0 Å². The van der Waals surface area contributed by atoms with Gasteiger partial charge in [0.25, 0.3) is 5.89 Å². The molecule has 128 valence electrons. The summed E-state index contributed by atoms with van der Waals surface area (Å²) in [6, 6.07) is 3.77. The van der Waals surface area contributed by atoms with E-state index < -0.39 is 0 Å². The van der Waals surface area contributed by atoms with Crippen LogP contribution in [0.15, 0.2) is 29.0 Å². The smallest absolute Gasteiger partial charge is 0.252 e. The van der Waals surface area contributed by atoms with Gasteiger partial charge in [0.1, 0.15) is 6.61 Å². The van der Waals surface area contributed by atoms with Crippen LogP contribution < -0.4 is 0 Å². The fraction of sp³-hybridized carbons (Fsp3) is 0.529. The number of carbonyl (C=O) groups is 1. The van der Waals surface area contributed by atoms with E-state index in [9.17, 15) is 4.79 Å². The zero-order valence-corrected chi connectivity index (χ0v) is 13.9. The summed E-state index contributed by atoms with van der Waals surface area (Å²) in [6.45, 7) is 3.65. The Balaban J connectivity index is 1.49. The van der Waals surface area contributed by atoms with Gasteiger partial charge in [0, 0.05) is 31.9 Å². The third-order valence-electron chi connectivity index (χ3n) is 4.08. The number of aryl methyl sites for hydroxylation is 1. The first-order valence-corrected chi connectivity index (χ1v) is 8.34.